The second kappa shape index (κ2) is 10.3. The fraction of sp³-hybridized carbons (Fsp3) is 0.700. The van der Waals surface area contributed by atoms with Crippen molar-refractivity contribution in [3.63, 3.8) is 0 Å². The fourth-order valence-corrected chi connectivity index (χ4v) is 2.35. The second-order valence-corrected chi connectivity index (χ2v) is 8.28. The topological polar surface area (TPSA) is 109 Å². The molecule has 0 radical (unpaired) electrons. The molecule has 0 aliphatic rings. The first-order valence-electron chi connectivity index (χ1n) is 9.54. The average Bonchev–Trinajstić information content (AvgIpc) is 2.61. The van der Waals surface area contributed by atoms with Crippen LogP contribution in [0.2, 0.25) is 0 Å². The van der Waals surface area contributed by atoms with E-state index in [1.54, 1.807) is 20.8 Å². The van der Waals surface area contributed by atoms with Crippen LogP contribution in [0.5, 0.6) is 17.8 Å². The van der Waals surface area contributed by atoms with Gasteiger partial charge >= 0.3 is 12.0 Å². The Labute approximate surface area is 172 Å². The van der Waals surface area contributed by atoms with Gasteiger partial charge in [-0.15, -0.1) is 0 Å². The van der Waals surface area contributed by atoms with Gasteiger partial charge in [0.2, 0.25) is 11.8 Å². The first kappa shape index (κ1) is 24.5. The third-order valence-corrected chi connectivity index (χ3v) is 3.80. The third-order valence-electron chi connectivity index (χ3n) is 3.80. The molecular formula is C20H33N3O6. The molecule has 0 fully saturated rings. The van der Waals surface area contributed by atoms with Crippen LogP contribution in [0, 0.1) is 11.8 Å². The second-order valence-electron chi connectivity index (χ2n) is 8.28. The molecule has 9 nitrogen and oxygen atoms in total. The van der Waals surface area contributed by atoms with Crippen LogP contribution < -0.4 is 19.5 Å². The number of ether oxygens (including phenoxy) is 4. The highest BCUT2D eigenvalue weighted by Gasteiger charge is 2.33. The SMILES string of the molecule is COc1cc(OC)nc(OC(C(=O)N[C@H](C(=O)OC(C)(C)C)C(C)C)C(C)C)n1. The molecule has 0 aliphatic heterocycles. The summed E-state index contributed by atoms with van der Waals surface area (Å²) in [5, 5.41) is 2.74. The molecule has 164 valence electrons. The first-order valence-corrected chi connectivity index (χ1v) is 9.54. The van der Waals surface area contributed by atoms with Gasteiger partial charge in [0.05, 0.1) is 20.3 Å². The molecule has 0 aliphatic carbocycles. The summed E-state index contributed by atoms with van der Waals surface area (Å²) >= 11 is 0. The molecule has 1 amide bonds. The lowest BCUT2D eigenvalue weighted by Gasteiger charge is -2.28. The minimum Gasteiger partial charge on any atom is -0.481 e. The Hall–Kier alpha value is -2.58. The predicted molar refractivity (Wildman–Crippen MR) is 107 cm³/mol. The van der Waals surface area contributed by atoms with E-state index < -0.39 is 29.6 Å². The number of carbonyl (C=O) groups is 2. The smallest absolute Gasteiger partial charge is 0.329 e. The molecular weight excluding hydrogens is 378 g/mol. The van der Waals surface area contributed by atoms with E-state index in [-0.39, 0.29) is 29.6 Å². The van der Waals surface area contributed by atoms with E-state index in [0.29, 0.717) is 0 Å². The summed E-state index contributed by atoms with van der Waals surface area (Å²) in [6.45, 7) is 12.6. The molecule has 1 aromatic rings. The zero-order valence-electron chi connectivity index (χ0n) is 18.7. The fourth-order valence-electron chi connectivity index (χ4n) is 2.35. The number of hydrogen-bond acceptors (Lipinski definition) is 8. The van der Waals surface area contributed by atoms with E-state index in [1.165, 1.54) is 20.3 Å². The van der Waals surface area contributed by atoms with Crippen molar-refractivity contribution in [2.24, 2.45) is 11.8 Å². The van der Waals surface area contributed by atoms with Gasteiger partial charge in [-0.25, -0.2) is 4.79 Å². The Kier molecular flexibility index (Phi) is 8.66. The molecule has 0 saturated heterocycles. The van der Waals surface area contributed by atoms with E-state index in [9.17, 15) is 9.59 Å². The van der Waals surface area contributed by atoms with Gasteiger partial charge in [0.25, 0.3) is 5.91 Å². The maximum atomic E-state index is 12.9. The standard InChI is InChI=1S/C20H33N3O6/c1-11(2)15(18(25)29-20(5,6)7)23-17(24)16(12(3)4)28-19-21-13(26-8)10-14(22-19)27-9/h10-12,15-16H,1-9H3,(H,23,24)/t15-,16?/m0/s1. The van der Waals surface area contributed by atoms with E-state index in [4.69, 9.17) is 18.9 Å². The number of hydrogen-bond donors (Lipinski definition) is 1. The van der Waals surface area contributed by atoms with E-state index in [1.807, 2.05) is 27.7 Å². The van der Waals surface area contributed by atoms with Crippen LogP contribution >= 0.6 is 0 Å². The highest BCUT2D eigenvalue weighted by atomic mass is 16.6. The van der Waals surface area contributed by atoms with Crippen LogP contribution in [0.1, 0.15) is 48.5 Å². The van der Waals surface area contributed by atoms with E-state index in [0.717, 1.165) is 0 Å². The monoisotopic (exact) mass is 411 g/mol. The van der Waals surface area contributed by atoms with E-state index >= 15 is 0 Å². The molecule has 0 spiro atoms. The Morgan fingerprint density at radius 1 is 0.966 bits per heavy atom. The highest BCUT2D eigenvalue weighted by Crippen LogP contribution is 2.21. The molecule has 1 heterocycles. The summed E-state index contributed by atoms with van der Waals surface area (Å²) < 4.78 is 21.4. The molecule has 0 saturated carbocycles. The number of nitrogens with zero attached hydrogens (tertiary/aromatic N) is 2. The van der Waals surface area contributed by atoms with Gasteiger partial charge in [0.1, 0.15) is 11.6 Å². The first-order chi connectivity index (χ1) is 13.4. The van der Waals surface area contributed by atoms with Crippen LogP contribution in [-0.2, 0) is 14.3 Å². The highest BCUT2D eigenvalue weighted by molar-refractivity contribution is 5.87. The molecule has 2 atom stereocenters. The van der Waals surface area contributed by atoms with Gasteiger partial charge in [-0.2, -0.15) is 9.97 Å². The number of esters is 1. The summed E-state index contributed by atoms with van der Waals surface area (Å²) in [4.78, 5) is 33.6. The normalized spacial score (nSPS) is 13.6. The van der Waals surface area contributed by atoms with Crippen molar-refractivity contribution in [1.29, 1.82) is 0 Å². The van der Waals surface area contributed by atoms with Crippen molar-refractivity contribution in [3.05, 3.63) is 6.07 Å². The van der Waals surface area contributed by atoms with Crippen LogP contribution in [0.4, 0.5) is 0 Å². The minimum atomic E-state index is -0.935. The Bertz CT molecular complexity index is 678. The summed E-state index contributed by atoms with van der Waals surface area (Å²) in [7, 11) is 2.90. The summed E-state index contributed by atoms with van der Waals surface area (Å²) in [5.41, 5.74) is -0.659. The van der Waals surface area contributed by atoms with Crippen molar-refractivity contribution in [3.8, 4) is 17.8 Å². The lowest BCUT2D eigenvalue weighted by atomic mass is 10.0. The number of nitrogens with one attached hydrogen (secondary N) is 1. The molecule has 1 aromatic heterocycles. The molecule has 9 heteroatoms. The molecule has 0 aromatic carbocycles. The number of amides is 1. The number of aromatic nitrogens is 2. The van der Waals surface area contributed by atoms with Crippen LogP contribution in [0.15, 0.2) is 6.07 Å². The Balaban J connectivity index is 3.03. The van der Waals surface area contributed by atoms with Crippen molar-refractivity contribution in [2.45, 2.75) is 66.2 Å². The Morgan fingerprint density at radius 2 is 1.48 bits per heavy atom. The van der Waals surface area contributed by atoms with Crippen molar-refractivity contribution in [1.82, 2.24) is 15.3 Å². The summed E-state index contributed by atoms with van der Waals surface area (Å²) in [6.07, 6.45) is -0.935. The molecule has 1 unspecified atom stereocenters. The number of methoxy groups -OCH3 is 2. The molecule has 1 rings (SSSR count). The predicted octanol–water partition coefficient (Wildman–Crippen LogP) is 2.38. The van der Waals surface area contributed by atoms with Crippen molar-refractivity contribution < 1.29 is 28.5 Å². The van der Waals surface area contributed by atoms with Crippen molar-refractivity contribution >= 4 is 11.9 Å². The van der Waals surface area contributed by atoms with Gasteiger partial charge in [-0.3, -0.25) is 4.79 Å². The number of carbonyl (C=O) groups excluding carboxylic acids is 2. The van der Waals surface area contributed by atoms with Crippen LogP contribution in [-0.4, -0.2) is 53.8 Å². The largest absolute Gasteiger partial charge is 0.481 e. The quantitative estimate of drug-likeness (QED) is 0.617. The van der Waals surface area contributed by atoms with Gasteiger partial charge in [-0.05, 0) is 32.6 Å². The lowest BCUT2D eigenvalue weighted by molar-refractivity contribution is -0.160. The van der Waals surface area contributed by atoms with Gasteiger partial charge < -0.3 is 24.3 Å². The van der Waals surface area contributed by atoms with Crippen LogP contribution in [0.25, 0.3) is 0 Å². The summed E-state index contributed by atoms with van der Waals surface area (Å²) in [6, 6.07) is 0.620. The summed E-state index contributed by atoms with van der Waals surface area (Å²) in [5.74, 6) is -0.873. The third kappa shape index (κ3) is 7.75. The van der Waals surface area contributed by atoms with E-state index in [2.05, 4.69) is 15.3 Å². The maximum Gasteiger partial charge on any atom is 0.329 e. The molecule has 0 bridgehead atoms. The zero-order valence-corrected chi connectivity index (χ0v) is 18.7. The number of rotatable bonds is 9. The molecule has 1 N–H and O–H groups in total. The minimum absolute atomic E-state index is 0.0617. The van der Waals surface area contributed by atoms with Crippen LogP contribution in [0.3, 0.4) is 0 Å². The van der Waals surface area contributed by atoms with Gasteiger partial charge in [-0.1, -0.05) is 27.7 Å². The molecule has 29 heavy (non-hydrogen) atoms. The average molecular weight is 411 g/mol. The zero-order chi connectivity index (χ0) is 22.4. The lowest BCUT2D eigenvalue weighted by Crippen LogP contribution is -2.52. The van der Waals surface area contributed by atoms with Gasteiger partial charge in [0.15, 0.2) is 6.10 Å². The van der Waals surface area contributed by atoms with Crippen molar-refractivity contribution in [2.75, 3.05) is 14.2 Å². The van der Waals surface area contributed by atoms with Gasteiger partial charge in [0, 0.05) is 0 Å². The maximum absolute atomic E-state index is 12.9. The Morgan fingerprint density at radius 3 is 1.86 bits per heavy atom.